The van der Waals surface area contributed by atoms with Crippen LogP contribution in [-0.4, -0.2) is 19.4 Å². The summed E-state index contributed by atoms with van der Waals surface area (Å²) in [6, 6.07) is 6.18. The van der Waals surface area contributed by atoms with Crippen LogP contribution in [0, 0.1) is 17.5 Å². The lowest BCUT2D eigenvalue weighted by Gasteiger charge is -2.31. The number of imidazole rings is 1. The maximum absolute atomic E-state index is 14.2. The van der Waals surface area contributed by atoms with Gasteiger partial charge >= 0.3 is 0 Å². The normalized spacial score (nSPS) is 20.9. The predicted molar refractivity (Wildman–Crippen MR) is 102 cm³/mol. The summed E-state index contributed by atoms with van der Waals surface area (Å²) in [5.74, 6) is -2.89. The van der Waals surface area contributed by atoms with Gasteiger partial charge in [0.15, 0.2) is 0 Å². The van der Waals surface area contributed by atoms with E-state index < -0.39 is 28.3 Å². The van der Waals surface area contributed by atoms with Gasteiger partial charge in [0, 0.05) is 36.0 Å². The molecule has 0 amide bonds. The van der Waals surface area contributed by atoms with Crippen molar-refractivity contribution in [1.29, 1.82) is 0 Å². The molecule has 4 rings (SSSR count). The molecule has 0 aliphatic carbocycles. The number of nitrogens with zero attached hydrogens (tertiary/aromatic N) is 2. The van der Waals surface area contributed by atoms with Crippen LogP contribution in [0.15, 0.2) is 66.6 Å². The molecule has 0 saturated heterocycles. The van der Waals surface area contributed by atoms with Gasteiger partial charge in [-0.05, 0) is 23.6 Å². The van der Waals surface area contributed by atoms with Crippen molar-refractivity contribution in [1.82, 2.24) is 9.55 Å². The summed E-state index contributed by atoms with van der Waals surface area (Å²) in [5, 5.41) is 11.0. The van der Waals surface area contributed by atoms with E-state index in [4.69, 9.17) is 0 Å². The number of hydrogen-bond donors (Lipinski definition) is 1. The first-order chi connectivity index (χ1) is 13.4. The maximum atomic E-state index is 14.2. The number of aromatic nitrogens is 2. The standard InChI is InChI=1S/C21H17F3N2OS/c1-2-5-21(11-26-7-6-25-12-26)20(27)15-4-3-13(8-18(15)28-21)19-16(23)9-14(22)10-17(19)24/h2-4,6-10,12,20,27H,1,5,11H2. The molecule has 2 atom stereocenters. The van der Waals surface area contributed by atoms with Crippen molar-refractivity contribution in [3.05, 3.63) is 84.7 Å². The molecule has 0 spiro atoms. The molecule has 3 aromatic rings. The first-order valence-electron chi connectivity index (χ1n) is 8.66. The van der Waals surface area contributed by atoms with Crippen LogP contribution in [0.2, 0.25) is 0 Å². The molecule has 0 fully saturated rings. The molecule has 2 unspecified atom stereocenters. The van der Waals surface area contributed by atoms with E-state index >= 15 is 0 Å². The lowest BCUT2D eigenvalue weighted by atomic mass is 9.91. The van der Waals surface area contributed by atoms with Crippen molar-refractivity contribution in [3.63, 3.8) is 0 Å². The van der Waals surface area contributed by atoms with Gasteiger partial charge in [0.25, 0.3) is 0 Å². The van der Waals surface area contributed by atoms with Crippen molar-refractivity contribution in [2.24, 2.45) is 0 Å². The molecule has 28 heavy (non-hydrogen) atoms. The minimum absolute atomic E-state index is 0.282. The minimum Gasteiger partial charge on any atom is -0.387 e. The monoisotopic (exact) mass is 402 g/mol. The zero-order valence-corrected chi connectivity index (χ0v) is 15.6. The molecule has 1 N–H and O–H groups in total. The van der Waals surface area contributed by atoms with Gasteiger partial charge in [0.2, 0.25) is 0 Å². The van der Waals surface area contributed by atoms with Crippen molar-refractivity contribution in [3.8, 4) is 11.1 Å². The molecule has 2 heterocycles. The summed E-state index contributed by atoms with van der Waals surface area (Å²) in [5.41, 5.74) is 0.708. The molecular formula is C21H17F3N2OS. The summed E-state index contributed by atoms with van der Waals surface area (Å²) in [6.07, 6.45) is 6.65. The Morgan fingerprint density at radius 2 is 1.96 bits per heavy atom. The second-order valence-electron chi connectivity index (χ2n) is 6.79. The summed E-state index contributed by atoms with van der Waals surface area (Å²) in [7, 11) is 0. The highest BCUT2D eigenvalue weighted by atomic mass is 32.2. The third kappa shape index (κ3) is 3.14. The fourth-order valence-electron chi connectivity index (χ4n) is 3.65. The van der Waals surface area contributed by atoms with Crippen molar-refractivity contribution >= 4 is 11.8 Å². The average Bonchev–Trinajstić information content (AvgIpc) is 3.22. The Kier molecular flexibility index (Phi) is 4.81. The molecule has 1 aliphatic rings. The number of halogens is 3. The zero-order chi connectivity index (χ0) is 19.9. The lowest BCUT2D eigenvalue weighted by Crippen LogP contribution is -2.33. The SMILES string of the molecule is C=CCC1(Cn2ccnc2)Sc2cc(-c3c(F)cc(F)cc3F)ccc2C1O. The van der Waals surface area contributed by atoms with Crippen LogP contribution in [0.1, 0.15) is 18.1 Å². The number of hydrogen-bond acceptors (Lipinski definition) is 3. The summed E-state index contributed by atoms with van der Waals surface area (Å²) < 4.78 is 42.9. The fraction of sp³-hybridized carbons (Fsp3) is 0.190. The van der Waals surface area contributed by atoms with Crippen LogP contribution < -0.4 is 0 Å². The van der Waals surface area contributed by atoms with E-state index in [9.17, 15) is 18.3 Å². The van der Waals surface area contributed by atoms with E-state index in [1.807, 2.05) is 10.8 Å². The molecule has 3 nitrogen and oxygen atoms in total. The molecule has 0 bridgehead atoms. The van der Waals surface area contributed by atoms with Crippen LogP contribution in [0.5, 0.6) is 0 Å². The Balaban J connectivity index is 1.75. The fourth-order valence-corrected chi connectivity index (χ4v) is 5.23. The summed E-state index contributed by atoms with van der Waals surface area (Å²) in [4.78, 5) is 4.77. The quantitative estimate of drug-likeness (QED) is 0.602. The second-order valence-corrected chi connectivity index (χ2v) is 8.25. The number of thioether (sulfide) groups is 1. The predicted octanol–water partition coefficient (Wildman–Crippen LogP) is 5.12. The third-order valence-electron chi connectivity index (χ3n) is 4.91. The number of fused-ring (bicyclic) bond motifs is 1. The zero-order valence-electron chi connectivity index (χ0n) is 14.8. The van der Waals surface area contributed by atoms with E-state index in [-0.39, 0.29) is 5.56 Å². The second kappa shape index (κ2) is 7.14. The smallest absolute Gasteiger partial charge is 0.136 e. The average molecular weight is 402 g/mol. The van der Waals surface area contributed by atoms with Crippen LogP contribution in [0.25, 0.3) is 11.1 Å². The van der Waals surface area contributed by atoms with Crippen LogP contribution >= 0.6 is 11.8 Å². The summed E-state index contributed by atoms with van der Waals surface area (Å²) in [6.45, 7) is 4.30. The lowest BCUT2D eigenvalue weighted by molar-refractivity contribution is 0.123. The van der Waals surface area contributed by atoms with E-state index in [0.717, 1.165) is 4.90 Å². The highest BCUT2D eigenvalue weighted by molar-refractivity contribution is 8.01. The van der Waals surface area contributed by atoms with Gasteiger partial charge < -0.3 is 9.67 Å². The minimum atomic E-state index is -0.963. The first-order valence-corrected chi connectivity index (χ1v) is 9.48. The number of aliphatic hydroxyl groups excluding tert-OH is 1. The summed E-state index contributed by atoms with van der Waals surface area (Å²) >= 11 is 1.45. The van der Waals surface area contributed by atoms with Crippen LogP contribution in [0.4, 0.5) is 13.2 Å². The van der Waals surface area contributed by atoms with Gasteiger partial charge in [0.1, 0.15) is 17.5 Å². The Morgan fingerprint density at radius 1 is 1.21 bits per heavy atom. The number of benzene rings is 2. The van der Waals surface area contributed by atoms with Crippen molar-refractivity contribution < 1.29 is 18.3 Å². The van der Waals surface area contributed by atoms with E-state index in [1.165, 1.54) is 11.8 Å². The van der Waals surface area contributed by atoms with Crippen molar-refractivity contribution in [2.45, 2.75) is 28.7 Å². The highest BCUT2D eigenvalue weighted by Crippen LogP contribution is 2.55. The third-order valence-corrected chi connectivity index (χ3v) is 6.41. The molecular weight excluding hydrogens is 385 g/mol. The Hall–Kier alpha value is -2.51. The van der Waals surface area contributed by atoms with Crippen LogP contribution in [0.3, 0.4) is 0 Å². The van der Waals surface area contributed by atoms with Gasteiger partial charge in [-0.3, -0.25) is 0 Å². The largest absolute Gasteiger partial charge is 0.387 e. The number of allylic oxidation sites excluding steroid dienone is 1. The van der Waals surface area contributed by atoms with Gasteiger partial charge in [-0.2, -0.15) is 0 Å². The molecule has 1 aliphatic heterocycles. The Labute approximate surface area is 164 Å². The number of aliphatic hydroxyl groups is 1. The molecule has 2 aromatic carbocycles. The van der Waals surface area contributed by atoms with Gasteiger partial charge in [-0.25, -0.2) is 18.2 Å². The van der Waals surface area contributed by atoms with Crippen LogP contribution in [-0.2, 0) is 6.54 Å². The highest BCUT2D eigenvalue weighted by Gasteiger charge is 2.46. The van der Waals surface area contributed by atoms with Crippen molar-refractivity contribution in [2.75, 3.05) is 0 Å². The number of rotatable bonds is 5. The van der Waals surface area contributed by atoms with Gasteiger partial charge in [-0.15, -0.1) is 18.3 Å². The maximum Gasteiger partial charge on any atom is 0.136 e. The van der Waals surface area contributed by atoms with Gasteiger partial charge in [-0.1, -0.05) is 18.2 Å². The topological polar surface area (TPSA) is 38.0 Å². The molecule has 0 saturated carbocycles. The van der Waals surface area contributed by atoms with E-state index in [1.54, 1.807) is 36.8 Å². The molecule has 144 valence electrons. The Morgan fingerprint density at radius 3 is 2.61 bits per heavy atom. The molecule has 1 aromatic heterocycles. The van der Waals surface area contributed by atoms with E-state index in [2.05, 4.69) is 11.6 Å². The first kappa shape index (κ1) is 18.8. The molecule has 7 heteroatoms. The Bertz CT molecular complexity index is 1020. The van der Waals surface area contributed by atoms with Gasteiger partial charge in [0.05, 0.1) is 22.7 Å². The molecule has 0 radical (unpaired) electrons. The van der Waals surface area contributed by atoms with E-state index in [0.29, 0.717) is 36.2 Å².